The van der Waals surface area contributed by atoms with Gasteiger partial charge in [0.05, 0.1) is 0 Å². The van der Waals surface area contributed by atoms with Crippen LogP contribution in [0.2, 0.25) is 0 Å². The van der Waals surface area contributed by atoms with Gasteiger partial charge in [-0.1, -0.05) is 18.2 Å². The van der Waals surface area contributed by atoms with Crippen LogP contribution < -0.4 is 10.5 Å². The zero-order valence-electron chi connectivity index (χ0n) is 15.6. The SMILES string of the molecule is NC(=O)c1ccc2cc3cc4ccc(NS(=O)(=O)c5cccs5)cc4cc3cc2c1. The Hall–Kier alpha value is -3.42. The predicted molar refractivity (Wildman–Crippen MR) is 123 cm³/mol. The number of hydrogen-bond donors (Lipinski definition) is 2. The van der Waals surface area contributed by atoms with Crippen LogP contribution in [0.5, 0.6) is 0 Å². The summed E-state index contributed by atoms with van der Waals surface area (Å²) in [4.78, 5) is 11.5. The van der Waals surface area contributed by atoms with E-state index in [-0.39, 0.29) is 4.21 Å². The third kappa shape index (κ3) is 3.28. The van der Waals surface area contributed by atoms with Gasteiger partial charge in [0.15, 0.2) is 0 Å². The number of carbonyl (C=O) groups excluding carboxylic acids is 1. The lowest BCUT2D eigenvalue weighted by molar-refractivity contribution is 0.100. The number of nitrogens with one attached hydrogen (secondary N) is 1. The van der Waals surface area contributed by atoms with Crippen LogP contribution in [-0.2, 0) is 10.0 Å². The third-order valence-corrected chi connectivity index (χ3v) is 7.83. The molecule has 5 rings (SSSR count). The van der Waals surface area contributed by atoms with E-state index in [1.54, 1.807) is 35.7 Å². The first-order valence-corrected chi connectivity index (χ1v) is 11.5. The first-order chi connectivity index (χ1) is 14.4. The first kappa shape index (κ1) is 18.6. The van der Waals surface area contributed by atoms with Crippen molar-refractivity contribution in [2.45, 2.75) is 4.21 Å². The number of rotatable bonds is 4. The van der Waals surface area contributed by atoms with Crippen molar-refractivity contribution in [1.29, 1.82) is 0 Å². The van der Waals surface area contributed by atoms with Crippen molar-refractivity contribution >= 4 is 65.3 Å². The Balaban J connectivity index is 1.61. The normalized spacial score (nSPS) is 11.9. The van der Waals surface area contributed by atoms with Gasteiger partial charge in [0.25, 0.3) is 10.0 Å². The van der Waals surface area contributed by atoms with E-state index in [1.165, 1.54) is 11.3 Å². The van der Waals surface area contributed by atoms with E-state index in [0.29, 0.717) is 11.3 Å². The molecular formula is C23H16N2O3S2. The number of anilines is 1. The van der Waals surface area contributed by atoms with Crippen LogP contribution >= 0.6 is 11.3 Å². The summed E-state index contributed by atoms with van der Waals surface area (Å²) in [7, 11) is -3.60. The molecular weight excluding hydrogens is 416 g/mol. The highest BCUT2D eigenvalue weighted by Crippen LogP contribution is 2.30. The first-order valence-electron chi connectivity index (χ1n) is 9.17. The highest BCUT2D eigenvalue weighted by Gasteiger charge is 2.15. The maximum Gasteiger partial charge on any atom is 0.271 e. The van der Waals surface area contributed by atoms with E-state index in [4.69, 9.17) is 5.73 Å². The number of amides is 1. The third-order valence-electron chi connectivity index (χ3n) is 5.05. The van der Waals surface area contributed by atoms with Crippen LogP contribution in [0, 0.1) is 0 Å². The van der Waals surface area contributed by atoms with Crippen molar-refractivity contribution in [3.05, 3.63) is 83.7 Å². The molecule has 0 saturated carbocycles. The molecule has 0 fully saturated rings. The minimum absolute atomic E-state index is 0.276. The number of sulfonamides is 1. The van der Waals surface area contributed by atoms with Gasteiger partial charge in [0.2, 0.25) is 5.91 Å². The molecule has 3 N–H and O–H groups in total. The smallest absolute Gasteiger partial charge is 0.271 e. The van der Waals surface area contributed by atoms with Crippen molar-refractivity contribution in [3.63, 3.8) is 0 Å². The predicted octanol–water partition coefficient (Wildman–Crippen LogP) is 5.11. The molecule has 4 aromatic carbocycles. The van der Waals surface area contributed by atoms with Crippen LogP contribution in [0.1, 0.15) is 10.4 Å². The van der Waals surface area contributed by atoms with Gasteiger partial charge in [-0.15, -0.1) is 11.3 Å². The average molecular weight is 433 g/mol. The van der Waals surface area contributed by atoms with Gasteiger partial charge in [-0.25, -0.2) is 8.42 Å². The Kier molecular flexibility index (Phi) is 4.23. The molecule has 1 amide bonds. The molecule has 5 nitrogen and oxygen atoms in total. The monoisotopic (exact) mass is 432 g/mol. The molecule has 0 atom stereocenters. The summed E-state index contributed by atoms with van der Waals surface area (Å²) < 4.78 is 27.9. The van der Waals surface area contributed by atoms with Gasteiger partial charge in [0, 0.05) is 11.3 Å². The molecule has 0 bridgehead atoms. The van der Waals surface area contributed by atoms with Crippen LogP contribution in [0.4, 0.5) is 5.69 Å². The van der Waals surface area contributed by atoms with Gasteiger partial charge in [0.1, 0.15) is 4.21 Å². The number of thiophene rings is 1. The van der Waals surface area contributed by atoms with E-state index >= 15 is 0 Å². The summed E-state index contributed by atoms with van der Waals surface area (Å²) in [6.07, 6.45) is 0. The Labute approximate surface area is 176 Å². The van der Waals surface area contributed by atoms with Gasteiger partial charge in [-0.3, -0.25) is 9.52 Å². The van der Waals surface area contributed by atoms with Crippen LogP contribution in [-0.4, -0.2) is 14.3 Å². The zero-order chi connectivity index (χ0) is 20.9. The fourth-order valence-electron chi connectivity index (χ4n) is 3.59. The second-order valence-corrected chi connectivity index (χ2v) is 9.93. The van der Waals surface area contributed by atoms with E-state index in [9.17, 15) is 13.2 Å². The molecule has 1 heterocycles. The van der Waals surface area contributed by atoms with Gasteiger partial charge in [-0.05, 0) is 92.3 Å². The van der Waals surface area contributed by atoms with Crippen molar-refractivity contribution in [2.75, 3.05) is 4.72 Å². The minimum atomic E-state index is -3.60. The second kappa shape index (κ2) is 6.83. The minimum Gasteiger partial charge on any atom is -0.366 e. The highest BCUT2D eigenvalue weighted by molar-refractivity contribution is 7.94. The number of carbonyl (C=O) groups is 1. The maximum absolute atomic E-state index is 12.5. The number of nitrogens with two attached hydrogens (primary N) is 1. The lowest BCUT2D eigenvalue weighted by Crippen LogP contribution is -2.11. The van der Waals surface area contributed by atoms with Crippen molar-refractivity contribution < 1.29 is 13.2 Å². The Morgan fingerprint density at radius 1 is 0.767 bits per heavy atom. The molecule has 0 unspecified atom stereocenters. The molecule has 1 aromatic heterocycles. The molecule has 148 valence electrons. The summed E-state index contributed by atoms with van der Waals surface area (Å²) in [5, 5.41) is 7.66. The summed E-state index contributed by atoms with van der Waals surface area (Å²) >= 11 is 1.18. The number of hydrogen-bond acceptors (Lipinski definition) is 4. The average Bonchev–Trinajstić information content (AvgIpc) is 3.26. The fourth-order valence-corrected chi connectivity index (χ4v) is 5.63. The van der Waals surface area contributed by atoms with Gasteiger partial charge in [-0.2, -0.15) is 0 Å². The highest BCUT2D eigenvalue weighted by atomic mass is 32.2. The molecule has 5 aromatic rings. The fraction of sp³-hybridized carbons (Fsp3) is 0. The summed E-state index contributed by atoms with van der Waals surface area (Å²) in [6, 6.07) is 22.4. The Morgan fingerprint density at radius 2 is 1.37 bits per heavy atom. The largest absolute Gasteiger partial charge is 0.366 e. The van der Waals surface area contributed by atoms with Crippen molar-refractivity contribution in [3.8, 4) is 0 Å². The van der Waals surface area contributed by atoms with E-state index in [1.807, 2.05) is 30.3 Å². The van der Waals surface area contributed by atoms with Crippen molar-refractivity contribution in [2.24, 2.45) is 5.73 Å². The van der Waals surface area contributed by atoms with E-state index < -0.39 is 15.9 Å². The maximum atomic E-state index is 12.5. The Morgan fingerprint density at radius 3 is 2.00 bits per heavy atom. The Bertz CT molecular complexity index is 1560. The molecule has 0 aliphatic heterocycles. The number of primary amides is 1. The summed E-state index contributed by atoms with van der Waals surface area (Å²) in [5.74, 6) is -0.460. The number of fused-ring (bicyclic) bond motifs is 3. The quantitative estimate of drug-likeness (QED) is 0.387. The van der Waals surface area contributed by atoms with Crippen LogP contribution in [0.3, 0.4) is 0 Å². The van der Waals surface area contributed by atoms with E-state index in [2.05, 4.69) is 16.9 Å². The molecule has 7 heteroatoms. The zero-order valence-corrected chi connectivity index (χ0v) is 17.3. The molecule has 0 saturated heterocycles. The van der Waals surface area contributed by atoms with E-state index in [0.717, 1.165) is 32.3 Å². The summed E-state index contributed by atoms with van der Waals surface area (Å²) in [6.45, 7) is 0. The second-order valence-electron chi connectivity index (χ2n) is 7.08. The molecule has 0 radical (unpaired) electrons. The standard InChI is InChI=1S/C23H16N2O3S2/c24-23(26)16-4-3-14-8-18-9-15-5-6-21(25-30(27,28)22-2-1-7-29-22)13-20(15)12-19(18)11-17(14)10-16/h1-13,25H,(H2,24,26). The lowest BCUT2D eigenvalue weighted by Gasteiger charge is -2.09. The summed E-state index contributed by atoms with van der Waals surface area (Å²) in [5.41, 5.74) is 6.37. The molecule has 30 heavy (non-hydrogen) atoms. The molecule has 0 aliphatic carbocycles. The van der Waals surface area contributed by atoms with Gasteiger partial charge < -0.3 is 5.73 Å². The van der Waals surface area contributed by atoms with Crippen LogP contribution in [0.25, 0.3) is 32.3 Å². The van der Waals surface area contributed by atoms with Gasteiger partial charge >= 0.3 is 0 Å². The van der Waals surface area contributed by atoms with Crippen LogP contribution in [0.15, 0.2) is 82.4 Å². The lowest BCUT2D eigenvalue weighted by atomic mass is 9.98. The number of benzene rings is 4. The molecule has 0 spiro atoms. The molecule has 0 aliphatic rings. The topological polar surface area (TPSA) is 89.3 Å². The van der Waals surface area contributed by atoms with Crippen molar-refractivity contribution in [1.82, 2.24) is 0 Å².